The number of carbonyl (C=O) groups excluding carboxylic acids is 3. The van der Waals surface area contributed by atoms with Crippen molar-refractivity contribution in [3.8, 4) is 0 Å². The summed E-state index contributed by atoms with van der Waals surface area (Å²) in [5.74, 6) is -1.29. The number of benzene rings is 1. The monoisotopic (exact) mass is 351 g/mol. The predicted octanol–water partition coefficient (Wildman–Crippen LogP) is 2.15. The van der Waals surface area contributed by atoms with Crippen LogP contribution in [-0.2, 0) is 19.1 Å². The highest BCUT2D eigenvalue weighted by Gasteiger charge is 2.26. The van der Waals surface area contributed by atoms with Crippen LogP contribution in [0.3, 0.4) is 0 Å². The zero-order chi connectivity index (χ0) is 15.2. The first-order valence-corrected chi connectivity index (χ1v) is 7.29. The second-order valence-electron chi connectivity index (χ2n) is 4.54. The van der Waals surface area contributed by atoms with Crippen LogP contribution in [0.25, 0.3) is 6.08 Å². The van der Waals surface area contributed by atoms with Gasteiger partial charge in [0.15, 0.2) is 6.61 Å². The van der Waals surface area contributed by atoms with E-state index in [1.807, 2.05) is 24.3 Å². The lowest BCUT2D eigenvalue weighted by atomic mass is 10.2. The molecule has 1 fully saturated rings. The van der Waals surface area contributed by atoms with Gasteiger partial charge in [-0.05, 0) is 30.2 Å². The summed E-state index contributed by atoms with van der Waals surface area (Å²) in [4.78, 5) is 35.7. The summed E-state index contributed by atoms with van der Waals surface area (Å²) in [6.45, 7) is -0.00348. The Kier molecular flexibility index (Phi) is 5.27. The maximum Gasteiger partial charge on any atom is 0.331 e. The number of hydrogen-bond donors (Lipinski definition) is 0. The number of hydrogen-bond acceptors (Lipinski definition) is 4. The molecule has 1 aromatic rings. The van der Waals surface area contributed by atoms with E-state index in [9.17, 15) is 14.4 Å². The predicted molar refractivity (Wildman–Crippen MR) is 80.1 cm³/mol. The number of amides is 2. The van der Waals surface area contributed by atoms with E-state index >= 15 is 0 Å². The van der Waals surface area contributed by atoms with E-state index in [0.717, 1.165) is 14.9 Å². The van der Waals surface area contributed by atoms with Crippen molar-refractivity contribution >= 4 is 39.8 Å². The first-order chi connectivity index (χ1) is 10.1. The Bertz CT molecular complexity index is 597. The van der Waals surface area contributed by atoms with Crippen LogP contribution in [0, 0.1) is 0 Å². The van der Waals surface area contributed by atoms with Crippen LogP contribution >= 0.6 is 15.9 Å². The molecule has 6 heteroatoms. The number of imide groups is 1. The molecule has 1 aromatic carbocycles. The molecule has 0 unspecified atom stereocenters. The normalized spacial score (nSPS) is 14.7. The van der Waals surface area contributed by atoms with E-state index in [2.05, 4.69) is 15.9 Å². The van der Waals surface area contributed by atoms with Gasteiger partial charge in [0, 0.05) is 23.5 Å². The zero-order valence-electron chi connectivity index (χ0n) is 11.3. The molecular formula is C15H14BrNO4. The number of carbonyl (C=O) groups is 3. The van der Waals surface area contributed by atoms with Gasteiger partial charge in [-0.2, -0.15) is 0 Å². The van der Waals surface area contributed by atoms with Crippen LogP contribution in [0.5, 0.6) is 0 Å². The summed E-state index contributed by atoms with van der Waals surface area (Å²) in [6, 6.07) is 7.40. The molecular weight excluding hydrogens is 338 g/mol. The van der Waals surface area contributed by atoms with Crippen molar-refractivity contribution < 1.29 is 19.1 Å². The quantitative estimate of drug-likeness (QED) is 0.615. The van der Waals surface area contributed by atoms with Crippen LogP contribution in [0.1, 0.15) is 18.4 Å². The first-order valence-electron chi connectivity index (χ1n) is 6.50. The van der Waals surface area contributed by atoms with Crippen molar-refractivity contribution in [1.29, 1.82) is 0 Å². The molecule has 0 bridgehead atoms. The van der Waals surface area contributed by atoms with Gasteiger partial charge in [0.25, 0.3) is 5.91 Å². The van der Waals surface area contributed by atoms with Crippen molar-refractivity contribution in [1.82, 2.24) is 4.90 Å². The fourth-order valence-electron chi connectivity index (χ4n) is 1.95. The molecule has 21 heavy (non-hydrogen) atoms. The highest BCUT2D eigenvalue weighted by atomic mass is 79.9. The molecule has 2 rings (SSSR count). The Morgan fingerprint density at radius 1 is 1.38 bits per heavy atom. The molecule has 2 amide bonds. The van der Waals surface area contributed by atoms with Crippen LogP contribution in [0.4, 0.5) is 0 Å². The smallest absolute Gasteiger partial charge is 0.331 e. The third kappa shape index (κ3) is 4.53. The number of rotatable bonds is 4. The molecule has 0 saturated carbocycles. The van der Waals surface area contributed by atoms with Crippen LogP contribution in [0.15, 0.2) is 34.8 Å². The Morgan fingerprint density at radius 2 is 2.19 bits per heavy atom. The summed E-state index contributed by atoms with van der Waals surface area (Å²) >= 11 is 3.33. The lowest BCUT2D eigenvalue weighted by Crippen LogP contribution is -2.35. The van der Waals surface area contributed by atoms with Gasteiger partial charge < -0.3 is 4.74 Å². The molecule has 1 aliphatic heterocycles. The van der Waals surface area contributed by atoms with Crippen molar-refractivity contribution in [3.63, 3.8) is 0 Å². The average molecular weight is 352 g/mol. The van der Waals surface area contributed by atoms with Gasteiger partial charge in [-0.3, -0.25) is 14.5 Å². The number of nitrogens with zero attached hydrogens (tertiary/aromatic N) is 1. The fraction of sp³-hybridized carbons (Fsp3) is 0.267. The fourth-order valence-corrected chi connectivity index (χ4v) is 2.36. The van der Waals surface area contributed by atoms with Crippen LogP contribution < -0.4 is 0 Å². The minimum atomic E-state index is -0.616. The van der Waals surface area contributed by atoms with Gasteiger partial charge in [0.2, 0.25) is 5.91 Å². The molecule has 0 radical (unpaired) electrons. The SMILES string of the molecule is O=C(/C=C/c1cccc(Br)c1)OCC(=O)N1CCCC1=O. The van der Waals surface area contributed by atoms with E-state index in [0.29, 0.717) is 19.4 Å². The molecule has 0 N–H and O–H groups in total. The molecule has 5 nitrogen and oxygen atoms in total. The minimum absolute atomic E-state index is 0.208. The number of esters is 1. The van der Waals surface area contributed by atoms with Crippen LogP contribution in [-0.4, -0.2) is 35.8 Å². The Balaban J connectivity index is 1.82. The highest BCUT2D eigenvalue weighted by Crippen LogP contribution is 2.13. The van der Waals surface area contributed by atoms with Gasteiger partial charge in [-0.15, -0.1) is 0 Å². The first kappa shape index (κ1) is 15.4. The number of ether oxygens (including phenoxy) is 1. The summed E-state index contributed by atoms with van der Waals surface area (Å²) in [5, 5.41) is 0. The van der Waals surface area contributed by atoms with Crippen LogP contribution in [0.2, 0.25) is 0 Å². The highest BCUT2D eigenvalue weighted by molar-refractivity contribution is 9.10. The second kappa shape index (κ2) is 7.17. The summed E-state index contributed by atoms with van der Waals surface area (Å²) < 4.78 is 5.74. The number of halogens is 1. The largest absolute Gasteiger partial charge is 0.452 e. The van der Waals surface area contributed by atoms with E-state index in [1.54, 1.807) is 6.08 Å². The van der Waals surface area contributed by atoms with E-state index in [4.69, 9.17) is 4.74 Å². The lowest BCUT2D eigenvalue weighted by molar-refractivity contribution is -0.151. The zero-order valence-corrected chi connectivity index (χ0v) is 12.8. The molecule has 1 saturated heterocycles. The minimum Gasteiger partial charge on any atom is -0.452 e. The van der Waals surface area contributed by atoms with Crippen molar-refractivity contribution in [3.05, 3.63) is 40.4 Å². The van der Waals surface area contributed by atoms with Gasteiger partial charge >= 0.3 is 5.97 Å². The van der Waals surface area contributed by atoms with Crippen molar-refractivity contribution in [2.45, 2.75) is 12.8 Å². The third-order valence-electron chi connectivity index (χ3n) is 2.97. The topological polar surface area (TPSA) is 63.7 Å². The summed E-state index contributed by atoms with van der Waals surface area (Å²) in [5.41, 5.74) is 0.836. The average Bonchev–Trinajstić information content (AvgIpc) is 2.89. The van der Waals surface area contributed by atoms with Gasteiger partial charge in [0.05, 0.1) is 0 Å². The summed E-state index contributed by atoms with van der Waals surface area (Å²) in [6.07, 6.45) is 3.89. The number of likely N-dealkylation sites (tertiary alicyclic amines) is 1. The van der Waals surface area contributed by atoms with E-state index < -0.39 is 18.5 Å². The summed E-state index contributed by atoms with van der Waals surface area (Å²) in [7, 11) is 0. The van der Waals surface area contributed by atoms with Gasteiger partial charge in [-0.25, -0.2) is 4.79 Å². The molecule has 0 aromatic heterocycles. The third-order valence-corrected chi connectivity index (χ3v) is 3.47. The van der Waals surface area contributed by atoms with E-state index in [1.165, 1.54) is 6.08 Å². The second-order valence-corrected chi connectivity index (χ2v) is 5.45. The van der Waals surface area contributed by atoms with Crippen molar-refractivity contribution in [2.24, 2.45) is 0 Å². The maximum absolute atomic E-state index is 11.7. The molecule has 1 aliphatic rings. The van der Waals surface area contributed by atoms with Crippen molar-refractivity contribution in [2.75, 3.05) is 13.2 Å². The lowest BCUT2D eigenvalue weighted by Gasteiger charge is -2.12. The molecule has 0 aliphatic carbocycles. The maximum atomic E-state index is 11.7. The molecule has 0 spiro atoms. The molecule has 0 atom stereocenters. The molecule has 1 heterocycles. The Morgan fingerprint density at radius 3 is 2.86 bits per heavy atom. The van der Waals surface area contributed by atoms with E-state index in [-0.39, 0.29) is 5.91 Å². The van der Waals surface area contributed by atoms with Gasteiger partial charge in [-0.1, -0.05) is 28.1 Å². The van der Waals surface area contributed by atoms with Gasteiger partial charge in [0.1, 0.15) is 0 Å². The Hall–Kier alpha value is -1.95. The Labute approximate surface area is 130 Å². The standard InChI is InChI=1S/C15H14BrNO4/c16-12-4-1-3-11(9-12)6-7-15(20)21-10-14(19)17-8-2-5-13(17)18/h1,3-4,6-7,9H,2,5,8,10H2/b7-6+. The molecule has 110 valence electrons.